The topological polar surface area (TPSA) is 54.5 Å². The molecule has 1 rings (SSSR count). The van der Waals surface area contributed by atoms with Crippen LogP contribution < -0.4 is 5.32 Å². The Kier molecular flexibility index (Phi) is 6.85. The number of likely N-dealkylation sites (N-methyl/N-ethyl adjacent to an activating group) is 1. The monoisotopic (exact) mass is 315 g/mol. The van der Waals surface area contributed by atoms with Crippen molar-refractivity contribution in [3.05, 3.63) is 28.5 Å². The second-order valence-corrected chi connectivity index (χ2v) is 4.74. The van der Waals surface area contributed by atoms with E-state index < -0.39 is 0 Å². The van der Waals surface area contributed by atoms with E-state index in [2.05, 4.69) is 31.1 Å². The predicted octanol–water partition coefficient (Wildman–Crippen LogP) is 1.15. The van der Waals surface area contributed by atoms with Crippen LogP contribution in [0.3, 0.4) is 0 Å². The highest BCUT2D eigenvalue weighted by molar-refractivity contribution is 9.10. The standard InChI is InChI=1S/C12H18BrN3O2/c1-16(8-9-18-2)7-6-15-12(17)11-10(13)4-3-5-14-11/h3-5H,6-9H2,1-2H3,(H,15,17). The first kappa shape index (κ1) is 15.1. The van der Waals surface area contributed by atoms with Crippen LogP contribution in [-0.4, -0.2) is 56.2 Å². The summed E-state index contributed by atoms with van der Waals surface area (Å²) >= 11 is 3.30. The molecular formula is C12H18BrN3O2. The Morgan fingerprint density at radius 2 is 2.33 bits per heavy atom. The van der Waals surface area contributed by atoms with Crippen molar-refractivity contribution in [1.29, 1.82) is 0 Å². The normalized spacial score (nSPS) is 10.7. The molecule has 18 heavy (non-hydrogen) atoms. The van der Waals surface area contributed by atoms with E-state index in [0.717, 1.165) is 13.1 Å². The molecule has 0 atom stereocenters. The van der Waals surface area contributed by atoms with Crippen molar-refractivity contribution in [3.8, 4) is 0 Å². The summed E-state index contributed by atoms with van der Waals surface area (Å²) in [5.41, 5.74) is 0.414. The zero-order valence-electron chi connectivity index (χ0n) is 10.6. The fourth-order valence-corrected chi connectivity index (χ4v) is 1.79. The number of pyridine rings is 1. The number of aromatic nitrogens is 1. The van der Waals surface area contributed by atoms with Gasteiger partial charge in [0.25, 0.3) is 5.91 Å². The molecular weight excluding hydrogens is 298 g/mol. The molecule has 1 amide bonds. The fraction of sp³-hybridized carbons (Fsp3) is 0.500. The number of methoxy groups -OCH3 is 1. The minimum atomic E-state index is -0.164. The molecule has 0 fully saturated rings. The lowest BCUT2D eigenvalue weighted by Gasteiger charge is -2.16. The molecule has 1 N–H and O–H groups in total. The van der Waals surface area contributed by atoms with Crippen LogP contribution >= 0.6 is 15.9 Å². The number of rotatable bonds is 7. The molecule has 0 aromatic carbocycles. The largest absolute Gasteiger partial charge is 0.383 e. The van der Waals surface area contributed by atoms with Crippen molar-refractivity contribution in [1.82, 2.24) is 15.2 Å². The average Bonchev–Trinajstić information content (AvgIpc) is 2.36. The highest BCUT2D eigenvalue weighted by Crippen LogP contribution is 2.12. The first-order chi connectivity index (χ1) is 8.65. The van der Waals surface area contributed by atoms with E-state index >= 15 is 0 Å². The van der Waals surface area contributed by atoms with Gasteiger partial charge in [-0.3, -0.25) is 4.79 Å². The second-order valence-electron chi connectivity index (χ2n) is 3.89. The van der Waals surface area contributed by atoms with Crippen molar-refractivity contribution >= 4 is 21.8 Å². The van der Waals surface area contributed by atoms with Crippen molar-refractivity contribution < 1.29 is 9.53 Å². The van der Waals surface area contributed by atoms with Crippen molar-refractivity contribution in [2.75, 3.05) is 40.4 Å². The summed E-state index contributed by atoms with van der Waals surface area (Å²) in [4.78, 5) is 17.9. The number of nitrogens with one attached hydrogen (secondary N) is 1. The Morgan fingerprint density at radius 1 is 1.56 bits per heavy atom. The predicted molar refractivity (Wildman–Crippen MR) is 73.6 cm³/mol. The zero-order valence-corrected chi connectivity index (χ0v) is 12.2. The van der Waals surface area contributed by atoms with Gasteiger partial charge in [0.15, 0.2) is 0 Å². The SMILES string of the molecule is COCCN(C)CCNC(=O)c1ncccc1Br. The minimum absolute atomic E-state index is 0.164. The Morgan fingerprint density at radius 3 is 3.00 bits per heavy atom. The van der Waals surface area contributed by atoms with Crippen LogP contribution in [0.25, 0.3) is 0 Å². The lowest BCUT2D eigenvalue weighted by atomic mass is 10.3. The van der Waals surface area contributed by atoms with Gasteiger partial charge in [-0.25, -0.2) is 4.98 Å². The smallest absolute Gasteiger partial charge is 0.271 e. The van der Waals surface area contributed by atoms with Gasteiger partial charge in [0.1, 0.15) is 5.69 Å². The van der Waals surface area contributed by atoms with Crippen LogP contribution in [0.1, 0.15) is 10.5 Å². The van der Waals surface area contributed by atoms with Gasteiger partial charge in [0.05, 0.1) is 6.61 Å². The van der Waals surface area contributed by atoms with E-state index in [0.29, 0.717) is 23.3 Å². The molecule has 0 aliphatic rings. The number of hydrogen-bond acceptors (Lipinski definition) is 4. The highest BCUT2D eigenvalue weighted by atomic mass is 79.9. The van der Waals surface area contributed by atoms with E-state index in [4.69, 9.17) is 4.74 Å². The molecule has 0 unspecified atom stereocenters. The first-order valence-electron chi connectivity index (χ1n) is 5.71. The highest BCUT2D eigenvalue weighted by Gasteiger charge is 2.10. The quantitative estimate of drug-likeness (QED) is 0.820. The maximum absolute atomic E-state index is 11.8. The van der Waals surface area contributed by atoms with Gasteiger partial charge < -0.3 is 15.0 Å². The number of hydrogen-bond donors (Lipinski definition) is 1. The summed E-state index contributed by atoms with van der Waals surface area (Å²) in [5, 5.41) is 2.83. The number of nitrogens with zero attached hydrogens (tertiary/aromatic N) is 2. The van der Waals surface area contributed by atoms with Crippen molar-refractivity contribution in [2.45, 2.75) is 0 Å². The lowest BCUT2D eigenvalue weighted by Crippen LogP contribution is -2.34. The molecule has 0 saturated heterocycles. The Balaban J connectivity index is 2.32. The van der Waals surface area contributed by atoms with Crippen molar-refractivity contribution in [2.24, 2.45) is 0 Å². The van der Waals surface area contributed by atoms with Crippen LogP contribution in [-0.2, 0) is 4.74 Å². The van der Waals surface area contributed by atoms with E-state index in [1.165, 1.54) is 0 Å². The Bertz CT molecular complexity index is 387. The maximum atomic E-state index is 11.8. The molecule has 1 aromatic rings. The van der Waals surface area contributed by atoms with Gasteiger partial charge >= 0.3 is 0 Å². The molecule has 6 heteroatoms. The van der Waals surface area contributed by atoms with Crippen molar-refractivity contribution in [3.63, 3.8) is 0 Å². The summed E-state index contributed by atoms with van der Waals surface area (Å²) in [6.07, 6.45) is 1.60. The van der Waals surface area contributed by atoms with E-state index in [-0.39, 0.29) is 5.91 Å². The zero-order chi connectivity index (χ0) is 13.4. The van der Waals surface area contributed by atoms with E-state index in [9.17, 15) is 4.79 Å². The van der Waals surface area contributed by atoms with Crippen LogP contribution in [0.2, 0.25) is 0 Å². The number of ether oxygens (including phenoxy) is 1. The van der Waals surface area contributed by atoms with E-state index in [1.54, 1.807) is 25.4 Å². The molecule has 0 spiro atoms. The minimum Gasteiger partial charge on any atom is -0.383 e. The molecule has 1 aromatic heterocycles. The third-order valence-electron chi connectivity index (χ3n) is 2.43. The third kappa shape index (κ3) is 5.12. The second kappa shape index (κ2) is 8.18. The summed E-state index contributed by atoms with van der Waals surface area (Å²) in [6.45, 7) is 2.90. The molecule has 0 bridgehead atoms. The first-order valence-corrected chi connectivity index (χ1v) is 6.50. The van der Waals surface area contributed by atoms with Crippen LogP contribution in [0.5, 0.6) is 0 Å². The summed E-state index contributed by atoms with van der Waals surface area (Å²) in [5.74, 6) is -0.164. The molecule has 0 aliphatic heterocycles. The number of halogens is 1. The Hall–Kier alpha value is -0.980. The van der Waals surface area contributed by atoms with Crippen LogP contribution in [0, 0.1) is 0 Å². The van der Waals surface area contributed by atoms with Gasteiger partial charge in [-0.05, 0) is 35.1 Å². The summed E-state index contributed by atoms with van der Waals surface area (Å²) in [6, 6.07) is 3.58. The lowest BCUT2D eigenvalue weighted by molar-refractivity contribution is 0.0941. The van der Waals surface area contributed by atoms with Crippen LogP contribution in [0.4, 0.5) is 0 Å². The molecule has 1 heterocycles. The van der Waals surface area contributed by atoms with E-state index in [1.807, 2.05) is 7.05 Å². The van der Waals surface area contributed by atoms with Gasteiger partial charge in [0.2, 0.25) is 0 Å². The molecule has 0 saturated carbocycles. The van der Waals surface area contributed by atoms with Gasteiger partial charge in [-0.2, -0.15) is 0 Å². The summed E-state index contributed by atoms with van der Waals surface area (Å²) < 4.78 is 5.68. The molecule has 0 radical (unpaired) electrons. The van der Waals surface area contributed by atoms with Gasteiger partial charge in [-0.1, -0.05) is 0 Å². The number of carbonyl (C=O) groups excluding carboxylic acids is 1. The van der Waals surface area contributed by atoms with Gasteiger partial charge in [0, 0.05) is 37.4 Å². The maximum Gasteiger partial charge on any atom is 0.271 e. The summed E-state index contributed by atoms with van der Waals surface area (Å²) in [7, 11) is 3.66. The molecule has 5 nitrogen and oxygen atoms in total. The fourth-order valence-electron chi connectivity index (χ4n) is 1.36. The third-order valence-corrected chi connectivity index (χ3v) is 3.07. The molecule has 100 valence electrons. The average molecular weight is 316 g/mol. The molecule has 0 aliphatic carbocycles. The number of amides is 1. The number of carbonyl (C=O) groups is 1. The van der Waals surface area contributed by atoms with Gasteiger partial charge in [-0.15, -0.1) is 0 Å². The van der Waals surface area contributed by atoms with Crippen LogP contribution in [0.15, 0.2) is 22.8 Å². The Labute approximate surface area is 116 Å².